The summed E-state index contributed by atoms with van der Waals surface area (Å²) in [7, 11) is 1.83. The Hall–Kier alpha value is -2.09. The maximum absolute atomic E-state index is 6.17. The quantitative estimate of drug-likeness (QED) is 0.434. The molecule has 0 aliphatic heterocycles. The van der Waals surface area contributed by atoms with Crippen LogP contribution < -0.4 is 10.1 Å². The second-order valence-electron chi connectivity index (χ2n) is 6.14. The average Bonchev–Trinajstić information content (AvgIpc) is 3.06. The van der Waals surface area contributed by atoms with Crippen LogP contribution in [0.25, 0.3) is 0 Å². The molecule has 1 heterocycles. The lowest BCUT2D eigenvalue weighted by atomic mass is 10.1. The topological polar surface area (TPSA) is 64.9 Å². The van der Waals surface area contributed by atoms with Crippen LogP contribution in [0.15, 0.2) is 47.6 Å². The van der Waals surface area contributed by atoms with E-state index in [1.807, 2.05) is 31.3 Å². The van der Waals surface area contributed by atoms with Crippen molar-refractivity contribution < 1.29 is 4.74 Å². The number of benzene rings is 2. The summed E-state index contributed by atoms with van der Waals surface area (Å²) in [4.78, 5) is 0. The van der Waals surface area contributed by atoms with E-state index in [4.69, 9.17) is 16.3 Å². The third kappa shape index (κ3) is 5.95. The van der Waals surface area contributed by atoms with Gasteiger partial charge in [-0.15, -0.1) is 5.10 Å². The average molecular weight is 404 g/mol. The van der Waals surface area contributed by atoms with Crippen molar-refractivity contribution in [3.05, 3.63) is 64.2 Å². The Bertz CT molecular complexity index is 886. The van der Waals surface area contributed by atoms with Crippen LogP contribution in [0, 0.1) is 6.92 Å². The standard InChI is InChI=1S/C19H22ClN5OS/c1-14-4-3-5-15(10-14)13-26-18-7-6-17(20)11-16(18)12-21-8-9-27-19-22-23-24-25(19)2/h3-7,10-11,21H,8-9,12-13H2,1-2H3. The second kappa shape index (κ2) is 9.73. The van der Waals surface area contributed by atoms with Crippen molar-refractivity contribution in [1.29, 1.82) is 0 Å². The zero-order chi connectivity index (χ0) is 19.1. The van der Waals surface area contributed by atoms with Gasteiger partial charge in [0.05, 0.1) is 0 Å². The number of tetrazole rings is 1. The van der Waals surface area contributed by atoms with Gasteiger partial charge in [-0.3, -0.25) is 0 Å². The molecule has 0 unspecified atom stereocenters. The summed E-state index contributed by atoms with van der Waals surface area (Å²) in [5.74, 6) is 1.72. The third-order valence-electron chi connectivity index (χ3n) is 3.91. The van der Waals surface area contributed by atoms with Gasteiger partial charge in [-0.1, -0.05) is 53.2 Å². The molecule has 0 fully saturated rings. The highest BCUT2D eigenvalue weighted by atomic mass is 35.5. The molecule has 3 aromatic rings. The highest BCUT2D eigenvalue weighted by Crippen LogP contribution is 2.24. The number of hydrogen-bond donors (Lipinski definition) is 1. The number of halogens is 1. The minimum atomic E-state index is 0.533. The molecule has 27 heavy (non-hydrogen) atoms. The SMILES string of the molecule is Cc1cccc(COc2ccc(Cl)cc2CNCCSc2nnnn2C)c1. The van der Waals surface area contributed by atoms with Crippen LogP contribution in [0.4, 0.5) is 0 Å². The van der Waals surface area contributed by atoms with Crippen molar-refractivity contribution in [2.24, 2.45) is 7.05 Å². The fraction of sp³-hybridized carbons (Fsp3) is 0.316. The molecule has 0 radical (unpaired) electrons. The van der Waals surface area contributed by atoms with Crippen molar-refractivity contribution in [3.8, 4) is 5.75 Å². The molecule has 3 rings (SSSR count). The zero-order valence-electron chi connectivity index (χ0n) is 15.4. The third-order valence-corrected chi connectivity index (χ3v) is 5.15. The summed E-state index contributed by atoms with van der Waals surface area (Å²) in [5.41, 5.74) is 3.42. The van der Waals surface area contributed by atoms with E-state index in [0.717, 1.165) is 34.3 Å². The van der Waals surface area contributed by atoms with E-state index < -0.39 is 0 Å². The summed E-state index contributed by atoms with van der Waals surface area (Å²) in [6.45, 7) is 4.12. The van der Waals surface area contributed by atoms with E-state index in [2.05, 4.69) is 46.0 Å². The largest absolute Gasteiger partial charge is 0.489 e. The molecule has 1 aromatic heterocycles. The lowest BCUT2D eigenvalue weighted by Crippen LogP contribution is -2.17. The van der Waals surface area contributed by atoms with Crippen molar-refractivity contribution >= 4 is 23.4 Å². The van der Waals surface area contributed by atoms with Crippen LogP contribution >= 0.6 is 23.4 Å². The Kier molecular flexibility index (Phi) is 7.09. The fourth-order valence-corrected chi connectivity index (χ4v) is 3.51. The monoisotopic (exact) mass is 403 g/mol. The normalized spacial score (nSPS) is 10.9. The van der Waals surface area contributed by atoms with Crippen LogP contribution in [0.1, 0.15) is 16.7 Å². The van der Waals surface area contributed by atoms with Crippen LogP contribution in [-0.2, 0) is 20.2 Å². The lowest BCUT2D eigenvalue weighted by Gasteiger charge is -2.13. The fourth-order valence-electron chi connectivity index (χ4n) is 2.57. The van der Waals surface area contributed by atoms with Crippen molar-refractivity contribution in [2.75, 3.05) is 12.3 Å². The lowest BCUT2D eigenvalue weighted by molar-refractivity contribution is 0.302. The molecule has 2 aromatic carbocycles. The molecule has 0 saturated heterocycles. The number of aromatic nitrogens is 4. The maximum Gasteiger partial charge on any atom is 0.209 e. The molecular weight excluding hydrogens is 382 g/mol. The molecule has 0 aliphatic rings. The van der Waals surface area contributed by atoms with Gasteiger partial charge in [0.2, 0.25) is 5.16 Å². The van der Waals surface area contributed by atoms with E-state index >= 15 is 0 Å². The number of hydrogen-bond acceptors (Lipinski definition) is 6. The molecule has 1 N–H and O–H groups in total. The summed E-state index contributed by atoms with van der Waals surface area (Å²) < 4.78 is 7.70. The first kappa shape index (κ1) is 19.7. The molecular formula is C19H22ClN5OS. The molecule has 0 bridgehead atoms. The molecule has 0 aliphatic carbocycles. The Morgan fingerprint density at radius 2 is 2.11 bits per heavy atom. The molecule has 6 nitrogen and oxygen atoms in total. The number of nitrogens with zero attached hydrogens (tertiary/aromatic N) is 4. The van der Waals surface area contributed by atoms with Gasteiger partial charge in [-0.2, -0.15) is 0 Å². The Morgan fingerprint density at radius 3 is 2.89 bits per heavy atom. The zero-order valence-corrected chi connectivity index (χ0v) is 16.9. The summed E-state index contributed by atoms with van der Waals surface area (Å²) in [6, 6.07) is 14.0. The van der Waals surface area contributed by atoms with E-state index in [9.17, 15) is 0 Å². The van der Waals surface area contributed by atoms with E-state index in [1.165, 1.54) is 5.56 Å². The van der Waals surface area contributed by atoms with Gasteiger partial charge in [-0.25, -0.2) is 4.68 Å². The van der Waals surface area contributed by atoms with Gasteiger partial charge in [-0.05, 0) is 41.1 Å². The van der Waals surface area contributed by atoms with Gasteiger partial charge in [0.15, 0.2) is 0 Å². The van der Waals surface area contributed by atoms with Crippen molar-refractivity contribution in [1.82, 2.24) is 25.5 Å². The number of ether oxygens (including phenoxy) is 1. The van der Waals surface area contributed by atoms with Crippen LogP contribution in [0.2, 0.25) is 5.02 Å². The Morgan fingerprint density at radius 1 is 1.22 bits per heavy atom. The number of rotatable bonds is 9. The number of nitrogens with one attached hydrogen (secondary N) is 1. The molecule has 0 amide bonds. The summed E-state index contributed by atoms with van der Waals surface area (Å²) in [6.07, 6.45) is 0. The molecule has 142 valence electrons. The first-order valence-electron chi connectivity index (χ1n) is 8.64. The van der Waals surface area contributed by atoms with Gasteiger partial charge >= 0.3 is 0 Å². The van der Waals surface area contributed by atoms with E-state index in [0.29, 0.717) is 18.2 Å². The van der Waals surface area contributed by atoms with Gasteiger partial charge in [0, 0.05) is 36.5 Å². The minimum Gasteiger partial charge on any atom is -0.489 e. The number of thioether (sulfide) groups is 1. The minimum absolute atomic E-state index is 0.533. The highest BCUT2D eigenvalue weighted by molar-refractivity contribution is 7.99. The maximum atomic E-state index is 6.17. The number of aryl methyl sites for hydroxylation is 2. The van der Waals surface area contributed by atoms with Gasteiger partial charge < -0.3 is 10.1 Å². The molecule has 0 spiro atoms. The van der Waals surface area contributed by atoms with Crippen molar-refractivity contribution in [2.45, 2.75) is 25.2 Å². The molecule has 0 atom stereocenters. The summed E-state index contributed by atoms with van der Waals surface area (Å²) >= 11 is 7.78. The summed E-state index contributed by atoms with van der Waals surface area (Å²) in [5, 5.41) is 16.3. The van der Waals surface area contributed by atoms with Crippen LogP contribution in [0.5, 0.6) is 5.75 Å². The van der Waals surface area contributed by atoms with Crippen molar-refractivity contribution in [3.63, 3.8) is 0 Å². The Labute approximate surface area is 168 Å². The Balaban J connectivity index is 1.51. The van der Waals surface area contributed by atoms with E-state index in [-0.39, 0.29) is 0 Å². The van der Waals surface area contributed by atoms with Crippen LogP contribution in [-0.4, -0.2) is 32.5 Å². The predicted molar refractivity (Wildman–Crippen MR) is 108 cm³/mol. The first-order chi connectivity index (χ1) is 13.1. The van der Waals surface area contributed by atoms with Gasteiger partial charge in [0.1, 0.15) is 12.4 Å². The smallest absolute Gasteiger partial charge is 0.209 e. The predicted octanol–water partition coefficient (Wildman–Crippen LogP) is 3.63. The second-order valence-corrected chi connectivity index (χ2v) is 7.64. The van der Waals surface area contributed by atoms with Crippen LogP contribution in [0.3, 0.4) is 0 Å². The van der Waals surface area contributed by atoms with Gasteiger partial charge in [0.25, 0.3) is 0 Å². The molecule has 0 saturated carbocycles. The highest BCUT2D eigenvalue weighted by Gasteiger charge is 2.07. The van der Waals surface area contributed by atoms with E-state index in [1.54, 1.807) is 16.4 Å². The first-order valence-corrected chi connectivity index (χ1v) is 10.0. The molecule has 8 heteroatoms.